The lowest BCUT2D eigenvalue weighted by atomic mass is 9.98. The van der Waals surface area contributed by atoms with Crippen LogP contribution in [0.4, 0.5) is 4.79 Å². The van der Waals surface area contributed by atoms with Crippen LogP contribution in [0.25, 0.3) is 0 Å². The van der Waals surface area contributed by atoms with E-state index in [0.717, 1.165) is 32.4 Å². The van der Waals surface area contributed by atoms with Crippen LogP contribution in [0.2, 0.25) is 0 Å². The number of amides is 3. The van der Waals surface area contributed by atoms with E-state index in [1.54, 1.807) is 11.8 Å². The molecule has 0 aromatic heterocycles. The molecule has 0 bridgehead atoms. The molecule has 3 fully saturated rings. The minimum atomic E-state index is -0.272. The van der Waals surface area contributed by atoms with Gasteiger partial charge in [0.15, 0.2) is 0 Å². The molecule has 0 saturated carbocycles. The lowest BCUT2D eigenvalue weighted by molar-refractivity contribution is -0.137. The Kier molecular flexibility index (Phi) is 6.04. The van der Waals surface area contributed by atoms with Crippen LogP contribution in [0.1, 0.15) is 46.0 Å². The van der Waals surface area contributed by atoms with E-state index in [0.29, 0.717) is 38.6 Å². The van der Waals surface area contributed by atoms with Crippen molar-refractivity contribution in [1.29, 1.82) is 0 Å². The fourth-order valence-electron chi connectivity index (χ4n) is 4.47. The van der Waals surface area contributed by atoms with Crippen molar-refractivity contribution < 1.29 is 19.1 Å². The Bertz CT molecular complexity index is 545. The van der Waals surface area contributed by atoms with Gasteiger partial charge in [-0.05, 0) is 38.5 Å². The van der Waals surface area contributed by atoms with Crippen LogP contribution in [0.15, 0.2) is 0 Å². The van der Waals surface area contributed by atoms with Crippen LogP contribution in [0.5, 0.6) is 0 Å². The molecule has 2 unspecified atom stereocenters. The number of piperidine rings is 2. The molecule has 3 heterocycles. The Labute approximate surface area is 155 Å². The van der Waals surface area contributed by atoms with E-state index in [1.165, 1.54) is 6.42 Å². The zero-order valence-corrected chi connectivity index (χ0v) is 16.0. The molecule has 3 amide bonds. The van der Waals surface area contributed by atoms with Gasteiger partial charge in [-0.25, -0.2) is 4.79 Å². The molecular formula is C19H31N3O4. The van der Waals surface area contributed by atoms with Gasteiger partial charge in [0, 0.05) is 45.2 Å². The molecule has 0 N–H and O–H groups in total. The standard InChI is InChI=1S/C19H31N3O4/c1-3-26-19(25)20-9-6-16(7-10-20)22-13-15(11-17(22)23)18(24)21-8-4-5-14(2)12-21/h14-16H,3-13H2,1-2H3. The normalized spacial score (nSPS) is 27.8. The summed E-state index contributed by atoms with van der Waals surface area (Å²) in [7, 11) is 0. The Morgan fingerprint density at radius 3 is 2.46 bits per heavy atom. The van der Waals surface area contributed by atoms with Gasteiger partial charge in [0.1, 0.15) is 0 Å². The molecule has 0 radical (unpaired) electrons. The molecule has 0 aliphatic carbocycles. The Balaban J connectivity index is 1.52. The number of ether oxygens (including phenoxy) is 1. The highest BCUT2D eigenvalue weighted by Gasteiger charge is 2.41. The van der Waals surface area contributed by atoms with E-state index >= 15 is 0 Å². The van der Waals surface area contributed by atoms with Gasteiger partial charge in [0.25, 0.3) is 0 Å². The van der Waals surface area contributed by atoms with Gasteiger partial charge in [-0.2, -0.15) is 0 Å². The summed E-state index contributed by atoms with van der Waals surface area (Å²) < 4.78 is 5.04. The fraction of sp³-hybridized carbons (Fsp3) is 0.842. The van der Waals surface area contributed by atoms with E-state index in [1.807, 2.05) is 9.80 Å². The highest BCUT2D eigenvalue weighted by Crippen LogP contribution is 2.28. The Morgan fingerprint density at radius 2 is 1.81 bits per heavy atom. The third-order valence-corrected chi connectivity index (χ3v) is 5.91. The predicted octanol–water partition coefficient (Wildman–Crippen LogP) is 1.71. The third kappa shape index (κ3) is 4.13. The minimum absolute atomic E-state index is 0.0861. The molecule has 0 aromatic carbocycles. The Morgan fingerprint density at radius 1 is 1.08 bits per heavy atom. The predicted molar refractivity (Wildman–Crippen MR) is 96.4 cm³/mol. The monoisotopic (exact) mass is 365 g/mol. The summed E-state index contributed by atoms with van der Waals surface area (Å²) in [5.74, 6) is 0.586. The first-order valence-corrected chi connectivity index (χ1v) is 9.99. The molecule has 26 heavy (non-hydrogen) atoms. The van der Waals surface area contributed by atoms with Crippen molar-refractivity contribution >= 4 is 17.9 Å². The molecule has 3 aliphatic rings. The second kappa shape index (κ2) is 8.27. The molecule has 3 rings (SSSR count). The number of likely N-dealkylation sites (tertiary alicyclic amines) is 3. The number of hydrogen-bond acceptors (Lipinski definition) is 4. The zero-order valence-electron chi connectivity index (χ0n) is 16.0. The van der Waals surface area contributed by atoms with Crippen molar-refractivity contribution in [2.24, 2.45) is 11.8 Å². The molecule has 7 nitrogen and oxygen atoms in total. The maximum absolute atomic E-state index is 12.8. The van der Waals surface area contributed by atoms with Crippen molar-refractivity contribution in [3.05, 3.63) is 0 Å². The molecule has 146 valence electrons. The van der Waals surface area contributed by atoms with E-state index in [-0.39, 0.29) is 29.9 Å². The van der Waals surface area contributed by atoms with E-state index in [2.05, 4.69) is 6.92 Å². The lowest BCUT2D eigenvalue weighted by Crippen LogP contribution is -2.48. The number of hydrogen-bond donors (Lipinski definition) is 0. The number of rotatable bonds is 3. The average Bonchev–Trinajstić information content (AvgIpc) is 3.03. The van der Waals surface area contributed by atoms with Crippen LogP contribution in [-0.4, -0.2) is 78.0 Å². The van der Waals surface area contributed by atoms with Gasteiger partial charge < -0.3 is 19.4 Å². The molecule has 0 aromatic rings. The largest absolute Gasteiger partial charge is 0.450 e. The van der Waals surface area contributed by atoms with Crippen LogP contribution < -0.4 is 0 Å². The minimum Gasteiger partial charge on any atom is -0.450 e. The van der Waals surface area contributed by atoms with Gasteiger partial charge in [-0.3, -0.25) is 9.59 Å². The molecule has 0 spiro atoms. The second-order valence-corrected chi connectivity index (χ2v) is 7.90. The van der Waals surface area contributed by atoms with Gasteiger partial charge in [0.2, 0.25) is 11.8 Å². The first-order chi connectivity index (χ1) is 12.5. The molecule has 2 atom stereocenters. The van der Waals surface area contributed by atoms with E-state index in [4.69, 9.17) is 4.74 Å². The molecule has 7 heteroatoms. The summed E-state index contributed by atoms with van der Waals surface area (Å²) in [6.07, 6.45) is 3.81. The molecule has 3 aliphatic heterocycles. The maximum atomic E-state index is 12.8. The molecule has 3 saturated heterocycles. The number of carbonyl (C=O) groups excluding carboxylic acids is 3. The number of carbonyl (C=O) groups is 3. The summed E-state index contributed by atoms with van der Waals surface area (Å²) in [4.78, 5) is 42.7. The smallest absolute Gasteiger partial charge is 0.409 e. The lowest BCUT2D eigenvalue weighted by Gasteiger charge is -2.36. The summed E-state index contributed by atoms with van der Waals surface area (Å²) in [6.45, 7) is 7.75. The highest BCUT2D eigenvalue weighted by atomic mass is 16.6. The van der Waals surface area contributed by atoms with Crippen molar-refractivity contribution in [2.75, 3.05) is 39.3 Å². The van der Waals surface area contributed by atoms with Gasteiger partial charge in [0.05, 0.1) is 12.5 Å². The first kappa shape index (κ1) is 19.0. The van der Waals surface area contributed by atoms with E-state index in [9.17, 15) is 14.4 Å². The second-order valence-electron chi connectivity index (χ2n) is 7.90. The third-order valence-electron chi connectivity index (χ3n) is 5.91. The summed E-state index contributed by atoms with van der Waals surface area (Å²) in [6, 6.07) is 0.131. The maximum Gasteiger partial charge on any atom is 0.409 e. The van der Waals surface area contributed by atoms with E-state index < -0.39 is 0 Å². The van der Waals surface area contributed by atoms with Crippen LogP contribution in [0, 0.1) is 11.8 Å². The van der Waals surface area contributed by atoms with Gasteiger partial charge >= 0.3 is 6.09 Å². The topological polar surface area (TPSA) is 70.2 Å². The number of nitrogens with zero attached hydrogens (tertiary/aromatic N) is 3. The summed E-state index contributed by atoms with van der Waals surface area (Å²) in [5, 5.41) is 0. The SMILES string of the molecule is CCOC(=O)N1CCC(N2CC(C(=O)N3CCCC(C)C3)CC2=O)CC1. The Hall–Kier alpha value is -1.79. The fourth-order valence-corrected chi connectivity index (χ4v) is 4.47. The average molecular weight is 365 g/mol. The van der Waals surface area contributed by atoms with Gasteiger partial charge in [-0.15, -0.1) is 0 Å². The molecular weight excluding hydrogens is 334 g/mol. The van der Waals surface area contributed by atoms with Crippen LogP contribution in [-0.2, 0) is 14.3 Å². The summed E-state index contributed by atoms with van der Waals surface area (Å²) in [5.41, 5.74) is 0. The van der Waals surface area contributed by atoms with Crippen molar-refractivity contribution in [2.45, 2.75) is 52.0 Å². The highest BCUT2D eigenvalue weighted by molar-refractivity contribution is 5.89. The summed E-state index contributed by atoms with van der Waals surface area (Å²) >= 11 is 0. The first-order valence-electron chi connectivity index (χ1n) is 9.99. The van der Waals surface area contributed by atoms with Crippen molar-refractivity contribution in [3.63, 3.8) is 0 Å². The van der Waals surface area contributed by atoms with Crippen LogP contribution >= 0.6 is 0 Å². The quantitative estimate of drug-likeness (QED) is 0.763. The van der Waals surface area contributed by atoms with Crippen LogP contribution in [0.3, 0.4) is 0 Å². The zero-order chi connectivity index (χ0) is 18.7. The van der Waals surface area contributed by atoms with Crippen molar-refractivity contribution in [3.8, 4) is 0 Å². The van der Waals surface area contributed by atoms with Gasteiger partial charge in [-0.1, -0.05) is 6.92 Å². The van der Waals surface area contributed by atoms with Crippen molar-refractivity contribution in [1.82, 2.24) is 14.7 Å².